The smallest absolute Gasteiger partial charge is 0.0478 e. The van der Waals surface area contributed by atoms with Gasteiger partial charge in [0.15, 0.2) is 0 Å². The molecule has 0 aromatic heterocycles. The maximum atomic E-state index is 5.50. The van der Waals surface area contributed by atoms with E-state index < -0.39 is 0 Å². The van der Waals surface area contributed by atoms with E-state index in [2.05, 4.69) is 52.0 Å². The number of hydrogen-bond acceptors (Lipinski definition) is 3. The summed E-state index contributed by atoms with van der Waals surface area (Å²) in [5.41, 5.74) is 0. The molecule has 3 heteroatoms. The van der Waals surface area contributed by atoms with E-state index in [0.717, 1.165) is 39.1 Å². The van der Waals surface area contributed by atoms with Crippen LogP contribution in [0.1, 0.15) is 48.4 Å². The van der Waals surface area contributed by atoms with E-state index in [1.54, 1.807) is 0 Å². The Bertz CT molecular complexity index is 119. The molecule has 0 radical (unpaired) electrons. The zero-order valence-electron chi connectivity index (χ0n) is 12.9. The van der Waals surface area contributed by atoms with Crippen molar-refractivity contribution in [1.82, 2.24) is 10.2 Å². The fourth-order valence-corrected chi connectivity index (χ4v) is 1.15. The van der Waals surface area contributed by atoms with Gasteiger partial charge in [-0.25, -0.2) is 0 Å². The minimum Gasteiger partial charge on any atom is -0.381 e. The van der Waals surface area contributed by atoms with Crippen LogP contribution in [0, 0.1) is 0 Å². The third-order valence-electron chi connectivity index (χ3n) is 1.91. The van der Waals surface area contributed by atoms with Gasteiger partial charge in [0.2, 0.25) is 0 Å². The van der Waals surface area contributed by atoms with Crippen molar-refractivity contribution in [2.45, 2.75) is 53.0 Å². The van der Waals surface area contributed by atoms with Crippen molar-refractivity contribution in [2.24, 2.45) is 0 Å². The highest BCUT2D eigenvalue weighted by molar-refractivity contribution is 4.52. The zero-order valence-corrected chi connectivity index (χ0v) is 12.9. The molecule has 1 N–H and O–H groups in total. The van der Waals surface area contributed by atoms with E-state index >= 15 is 0 Å². The molecule has 0 heterocycles. The molecule has 0 amide bonds. The SMILES string of the molecule is CC(C)NCCCOCCCN(C)C.CCC.[HH]. The van der Waals surface area contributed by atoms with Gasteiger partial charge in [0.05, 0.1) is 0 Å². The molecule has 0 atom stereocenters. The minimum absolute atomic E-state index is 0. The molecule has 0 rings (SSSR count). The fraction of sp³-hybridized carbons (Fsp3) is 1.00. The molecule has 0 saturated heterocycles. The van der Waals surface area contributed by atoms with Crippen LogP contribution in [0.2, 0.25) is 0 Å². The topological polar surface area (TPSA) is 24.5 Å². The number of hydrogen-bond donors (Lipinski definition) is 1. The van der Waals surface area contributed by atoms with Gasteiger partial charge in [0.1, 0.15) is 0 Å². The average Bonchev–Trinajstić information content (AvgIpc) is 2.22. The Hall–Kier alpha value is -0.120. The van der Waals surface area contributed by atoms with Gasteiger partial charge in [-0.2, -0.15) is 0 Å². The first-order valence-electron chi connectivity index (χ1n) is 7.00. The van der Waals surface area contributed by atoms with Crippen molar-refractivity contribution in [1.29, 1.82) is 0 Å². The average molecular weight is 248 g/mol. The van der Waals surface area contributed by atoms with Gasteiger partial charge >= 0.3 is 0 Å². The maximum absolute atomic E-state index is 5.50. The molecule has 17 heavy (non-hydrogen) atoms. The van der Waals surface area contributed by atoms with Gasteiger partial charge in [0, 0.05) is 20.7 Å². The summed E-state index contributed by atoms with van der Waals surface area (Å²) in [6.07, 6.45) is 3.49. The lowest BCUT2D eigenvalue weighted by molar-refractivity contribution is 0.123. The Morgan fingerprint density at radius 2 is 1.65 bits per heavy atom. The van der Waals surface area contributed by atoms with Crippen molar-refractivity contribution >= 4 is 0 Å². The number of rotatable bonds is 9. The molecule has 0 aliphatic carbocycles. The number of nitrogens with zero attached hydrogens (tertiary/aromatic N) is 1. The van der Waals surface area contributed by atoms with Crippen LogP contribution in [0.15, 0.2) is 0 Å². The van der Waals surface area contributed by atoms with Crippen LogP contribution in [0.4, 0.5) is 0 Å². The molecule has 0 aromatic carbocycles. The van der Waals surface area contributed by atoms with Crippen LogP contribution in [-0.4, -0.2) is 51.3 Å². The highest BCUT2D eigenvalue weighted by atomic mass is 16.5. The lowest BCUT2D eigenvalue weighted by Crippen LogP contribution is -2.24. The van der Waals surface area contributed by atoms with Crippen molar-refractivity contribution in [3.05, 3.63) is 0 Å². The molecule has 108 valence electrons. The summed E-state index contributed by atoms with van der Waals surface area (Å²) in [6.45, 7) is 12.5. The van der Waals surface area contributed by atoms with E-state index in [1.807, 2.05) is 0 Å². The molecule has 0 aromatic rings. The monoisotopic (exact) mass is 248 g/mol. The molecule has 0 aliphatic heterocycles. The third kappa shape index (κ3) is 25.8. The van der Waals surface area contributed by atoms with Crippen molar-refractivity contribution in [2.75, 3.05) is 40.4 Å². The summed E-state index contributed by atoms with van der Waals surface area (Å²) in [7, 11) is 4.18. The van der Waals surface area contributed by atoms with Crippen LogP contribution in [-0.2, 0) is 4.74 Å². The first kappa shape index (κ1) is 19.2. The Kier molecular flexibility index (Phi) is 18.0. The molecule has 0 fully saturated rings. The zero-order chi connectivity index (χ0) is 13.5. The highest BCUT2D eigenvalue weighted by Gasteiger charge is 1.93. The molecule has 0 unspecified atom stereocenters. The van der Waals surface area contributed by atoms with E-state index in [-0.39, 0.29) is 1.43 Å². The second-order valence-corrected chi connectivity index (χ2v) is 4.94. The van der Waals surface area contributed by atoms with Crippen LogP contribution in [0.25, 0.3) is 0 Å². The fourth-order valence-electron chi connectivity index (χ4n) is 1.15. The van der Waals surface area contributed by atoms with Crippen molar-refractivity contribution in [3.8, 4) is 0 Å². The lowest BCUT2D eigenvalue weighted by atomic mass is 10.3. The molecule has 0 spiro atoms. The van der Waals surface area contributed by atoms with Gasteiger partial charge < -0.3 is 15.0 Å². The summed E-state index contributed by atoms with van der Waals surface area (Å²) >= 11 is 0. The second-order valence-electron chi connectivity index (χ2n) is 4.94. The van der Waals surface area contributed by atoms with E-state index in [4.69, 9.17) is 4.74 Å². The van der Waals surface area contributed by atoms with Crippen LogP contribution < -0.4 is 5.32 Å². The number of nitrogens with one attached hydrogen (secondary N) is 1. The Morgan fingerprint density at radius 1 is 1.12 bits per heavy atom. The third-order valence-corrected chi connectivity index (χ3v) is 1.91. The van der Waals surface area contributed by atoms with E-state index in [1.165, 1.54) is 6.42 Å². The van der Waals surface area contributed by atoms with Crippen LogP contribution in [0.3, 0.4) is 0 Å². The van der Waals surface area contributed by atoms with Gasteiger partial charge in [-0.1, -0.05) is 34.1 Å². The summed E-state index contributed by atoms with van der Waals surface area (Å²) in [4.78, 5) is 2.18. The molecular weight excluding hydrogens is 212 g/mol. The van der Waals surface area contributed by atoms with Crippen molar-refractivity contribution < 1.29 is 6.16 Å². The molecular formula is C14H36N2O. The van der Waals surface area contributed by atoms with Crippen LogP contribution >= 0.6 is 0 Å². The predicted octanol–water partition coefficient (Wildman–Crippen LogP) is 3.01. The molecule has 0 aliphatic rings. The Labute approximate surface area is 110 Å². The van der Waals surface area contributed by atoms with Gasteiger partial charge in [-0.3, -0.25) is 0 Å². The van der Waals surface area contributed by atoms with Crippen molar-refractivity contribution in [3.63, 3.8) is 0 Å². The molecule has 0 bridgehead atoms. The van der Waals surface area contributed by atoms with Gasteiger partial charge in [-0.15, -0.1) is 0 Å². The lowest BCUT2D eigenvalue weighted by Gasteiger charge is -2.10. The molecule has 3 nitrogen and oxygen atoms in total. The Morgan fingerprint density at radius 3 is 2.12 bits per heavy atom. The summed E-state index contributed by atoms with van der Waals surface area (Å²) in [5, 5.41) is 3.37. The maximum Gasteiger partial charge on any atom is 0.0478 e. The minimum atomic E-state index is 0. The second kappa shape index (κ2) is 15.9. The largest absolute Gasteiger partial charge is 0.381 e. The summed E-state index contributed by atoms with van der Waals surface area (Å²) in [5.74, 6) is 0. The standard InChI is InChI=1S/C11H26N2O.C3H8.H2/c1-11(2)12-7-5-9-14-10-6-8-13(3)4;1-3-2;/h11-12H,5-10H2,1-4H3;3H2,1-2H3;1H. The Balaban J connectivity index is -0.000000507. The normalized spacial score (nSPS) is 10.6. The first-order valence-corrected chi connectivity index (χ1v) is 7.00. The summed E-state index contributed by atoms with van der Waals surface area (Å²) < 4.78 is 5.50. The van der Waals surface area contributed by atoms with Gasteiger partial charge in [0.25, 0.3) is 0 Å². The van der Waals surface area contributed by atoms with E-state index in [9.17, 15) is 0 Å². The van der Waals surface area contributed by atoms with Gasteiger partial charge in [-0.05, 0) is 40.0 Å². The van der Waals surface area contributed by atoms with Crippen LogP contribution in [0.5, 0.6) is 0 Å². The first-order chi connectivity index (χ1) is 8.04. The number of ether oxygens (including phenoxy) is 1. The quantitative estimate of drug-likeness (QED) is 0.635. The van der Waals surface area contributed by atoms with E-state index in [0.29, 0.717) is 6.04 Å². The predicted molar refractivity (Wildman–Crippen MR) is 79.8 cm³/mol. The summed E-state index contributed by atoms with van der Waals surface area (Å²) in [6, 6.07) is 0.587. The highest BCUT2D eigenvalue weighted by Crippen LogP contribution is 1.88. The molecule has 0 saturated carbocycles.